The molecule has 2 saturated carbocycles. The van der Waals surface area contributed by atoms with Gasteiger partial charge in [0.2, 0.25) is 17.7 Å². The first-order valence-electron chi connectivity index (χ1n) is 15.3. The van der Waals surface area contributed by atoms with E-state index in [1.165, 1.54) is 12.8 Å². The largest absolute Gasteiger partial charge is 0.493 e. The van der Waals surface area contributed by atoms with Crippen LogP contribution in [0.5, 0.6) is 5.75 Å². The van der Waals surface area contributed by atoms with Crippen molar-refractivity contribution in [2.24, 2.45) is 17.8 Å². The lowest BCUT2D eigenvalue weighted by Gasteiger charge is -2.46. The van der Waals surface area contributed by atoms with E-state index in [-0.39, 0.29) is 35.6 Å². The van der Waals surface area contributed by atoms with Gasteiger partial charge < -0.3 is 20.3 Å². The number of ether oxygens (including phenoxy) is 1. The summed E-state index contributed by atoms with van der Waals surface area (Å²) >= 11 is 0. The third-order valence-corrected chi connectivity index (χ3v) is 10.1. The summed E-state index contributed by atoms with van der Waals surface area (Å²) in [5.74, 6) is 1.29. The van der Waals surface area contributed by atoms with E-state index < -0.39 is 12.1 Å². The van der Waals surface area contributed by atoms with E-state index >= 15 is 0 Å². The monoisotopic (exact) mass is 536 g/mol. The second-order valence-electron chi connectivity index (χ2n) is 12.6. The number of piperidine rings is 1. The molecule has 0 aromatic heterocycles. The number of nitrogens with zero attached hydrogens (tertiary/aromatic N) is 2. The van der Waals surface area contributed by atoms with Gasteiger partial charge >= 0.3 is 0 Å². The lowest BCUT2D eigenvalue weighted by molar-refractivity contribution is -0.150. The number of nitrogens with one attached hydrogen (secondary N) is 2. The molecule has 8 nitrogen and oxygen atoms in total. The van der Waals surface area contributed by atoms with Gasteiger partial charge in [-0.05, 0) is 50.0 Å². The molecule has 7 atom stereocenters. The summed E-state index contributed by atoms with van der Waals surface area (Å²) in [6, 6.07) is 7.49. The molecule has 3 amide bonds. The lowest BCUT2D eigenvalue weighted by atomic mass is 9.82. The van der Waals surface area contributed by atoms with Crippen LogP contribution in [0.15, 0.2) is 24.3 Å². The summed E-state index contributed by atoms with van der Waals surface area (Å²) in [6.07, 6.45) is 8.99. The summed E-state index contributed by atoms with van der Waals surface area (Å²) in [4.78, 5) is 45.8. The second kappa shape index (κ2) is 11.1. The fourth-order valence-electron chi connectivity index (χ4n) is 7.50. The van der Waals surface area contributed by atoms with Gasteiger partial charge in [0, 0.05) is 43.1 Å². The van der Waals surface area contributed by atoms with E-state index in [0.717, 1.165) is 49.8 Å². The Hall–Kier alpha value is -2.61. The van der Waals surface area contributed by atoms with E-state index in [2.05, 4.69) is 15.5 Å². The number of benzene rings is 1. The standard InChI is InChI=1S/C31H44N4O4/c1-3-19(2)29(36)33-28(20-9-5-4-6-10-20)31(38)35-17-22-15-21-16-25(21)34(22)18-26(35)30(37)32-24-13-14-39-27-12-8-7-11-23(24)27/h7-8,11-12,19-22,24-26,28H,3-6,9-10,13-18H2,1-2H3,(H,32,37)(H,33,36)/t19-,21+,22-,24-,25-,26+,28+/m1/s1. The highest BCUT2D eigenvalue weighted by molar-refractivity contribution is 5.93. The maximum absolute atomic E-state index is 14.4. The number of para-hydroxylation sites is 1. The molecule has 0 bridgehead atoms. The first-order chi connectivity index (χ1) is 18.9. The molecule has 39 heavy (non-hydrogen) atoms. The number of carbonyl (C=O) groups excluding carboxylic acids is 3. The van der Waals surface area contributed by atoms with Crippen LogP contribution in [0.25, 0.3) is 0 Å². The Bertz CT molecular complexity index is 1090. The van der Waals surface area contributed by atoms with E-state index in [0.29, 0.717) is 44.1 Å². The van der Waals surface area contributed by atoms with E-state index in [4.69, 9.17) is 4.74 Å². The van der Waals surface area contributed by atoms with Gasteiger partial charge in [-0.2, -0.15) is 0 Å². The Labute approximate surface area is 232 Å². The van der Waals surface area contributed by atoms with Crippen molar-refractivity contribution in [3.05, 3.63) is 29.8 Å². The van der Waals surface area contributed by atoms with Crippen molar-refractivity contribution < 1.29 is 19.1 Å². The maximum Gasteiger partial charge on any atom is 0.246 e. The van der Waals surface area contributed by atoms with Crippen LogP contribution in [0.1, 0.15) is 83.2 Å². The fourth-order valence-corrected chi connectivity index (χ4v) is 7.50. The number of piperazine rings is 1. The Morgan fingerprint density at radius 1 is 1.05 bits per heavy atom. The molecule has 3 aliphatic heterocycles. The zero-order valence-electron chi connectivity index (χ0n) is 23.4. The Balaban J connectivity index is 1.25. The predicted molar refractivity (Wildman–Crippen MR) is 148 cm³/mol. The molecule has 212 valence electrons. The number of hydrogen-bond acceptors (Lipinski definition) is 5. The summed E-state index contributed by atoms with van der Waals surface area (Å²) in [7, 11) is 0. The van der Waals surface area contributed by atoms with Gasteiger partial charge in [-0.3, -0.25) is 19.3 Å². The third-order valence-electron chi connectivity index (χ3n) is 10.1. The minimum absolute atomic E-state index is 0.0537. The van der Waals surface area contributed by atoms with Gasteiger partial charge in [0.15, 0.2) is 0 Å². The van der Waals surface area contributed by atoms with Crippen LogP contribution in [-0.4, -0.2) is 71.4 Å². The molecule has 0 spiro atoms. The first-order valence-corrected chi connectivity index (χ1v) is 15.3. The lowest BCUT2D eigenvalue weighted by Crippen LogP contribution is -2.67. The SMILES string of the molecule is CC[C@@H](C)C(=O)N[C@H](C(=O)N1C[C@H]2C[C@H]3C[C@H]3N2C[C@H]1C(=O)N[C@@H]1CCOc2ccccc21)C1CCCCC1. The molecular formula is C31H44N4O4. The summed E-state index contributed by atoms with van der Waals surface area (Å²) < 4.78 is 5.82. The van der Waals surface area contributed by atoms with Crippen molar-refractivity contribution in [2.45, 2.75) is 102 Å². The molecule has 1 aromatic carbocycles. The highest BCUT2D eigenvalue weighted by atomic mass is 16.5. The average molecular weight is 537 g/mol. The number of amides is 3. The van der Waals surface area contributed by atoms with Gasteiger partial charge in [0.05, 0.1) is 12.6 Å². The molecule has 3 heterocycles. The summed E-state index contributed by atoms with van der Waals surface area (Å²) in [6.45, 7) is 5.62. The highest BCUT2D eigenvalue weighted by Crippen LogP contribution is 2.49. The number of rotatable bonds is 7. The zero-order chi connectivity index (χ0) is 27.1. The minimum atomic E-state index is -0.562. The topological polar surface area (TPSA) is 91.0 Å². The molecule has 8 heteroatoms. The maximum atomic E-state index is 14.4. The summed E-state index contributed by atoms with van der Waals surface area (Å²) in [5, 5.41) is 6.47. The van der Waals surface area contributed by atoms with Crippen molar-refractivity contribution in [3.63, 3.8) is 0 Å². The molecule has 2 saturated heterocycles. The van der Waals surface area contributed by atoms with Gasteiger partial charge in [-0.15, -0.1) is 0 Å². The molecule has 1 aromatic rings. The Kier molecular flexibility index (Phi) is 7.58. The van der Waals surface area contributed by atoms with Crippen LogP contribution < -0.4 is 15.4 Å². The van der Waals surface area contributed by atoms with Crippen molar-refractivity contribution in [3.8, 4) is 5.75 Å². The quantitative estimate of drug-likeness (QED) is 0.558. The van der Waals surface area contributed by atoms with Gasteiger partial charge in [-0.25, -0.2) is 0 Å². The van der Waals surface area contributed by atoms with Crippen LogP contribution >= 0.6 is 0 Å². The third kappa shape index (κ3) is 5.29. The van der Waals surface area contributed by atoms with Gasteiger partial charge in [0.25, 0.3) is 0 Å². The molecule has 6 rings (SSSR count). The highest BCUT2D eigenvalue weighted by Gasteiger charge is 2.56. The van der Waals surface area contributed by atoms with E-state index in [1.54, 1.807) is 0 Å². The number of fused-ring (bicyclic) bond motifs is 4. The summed E-state index contributed by atoms with van der Waals surface area (Å²) in [5.41, 5.74) is 0.994. The van der Waals surface area contributed by atoms with Crippen LogP contribution in [0.3, 0.4) is 0 Å². The molecule has 2 aliphatic carbocycles. The molecule has 4 fully saturated rings. The number of hydrogen-bond donors (Lipinski definition) is 2. The Morgan fingerprint density at radius 3 is 2.64 bits per heavy atom. The molecule has 0 radical (unpaired) electrons. The van der Waals surface area contributed by atoms with E-state index in [9.17, 15) is 14.4 Å². The molecule has 5 aliphatic rings. The number of carbonyl (C=O) groups is 3. The van der Waals surface area contributed by atoms with Crippen molar-refractivity contribution in [2.75, 3.05) is 19.7 Å². The second-order valence-corrected chi connectivity index (χ2v) is 12.6. The minimum Gasteiger partial charge on any atom is -0.493 e. The average Bonchev–Trinajstić information content (AvgIpc) is 3.65. The normalized spacial score (nSPS) is 31.6. The van der Waals surface area contributed by atoms with Crippen molar-refractivity contribution in [1.82, 2.24) is 20.4 Å². The van der Waals surface area contributed by atoms with Gasteiger partial charge in [-0.1, -0.05) is 51.3 Å². The smallest absolute Gasteiger partial charge is 0.246 e. The van der Waals surface area contributed by atoms with Crippen molar-refractivity contribution >= 4 is 17.7 Å². The van der Waals surface area contributed by atoms with Crippen molar-refractivity contribution in [1.29, 1.82) is 0 Å². The zero-order valence-corrected chi connectivity index (χ0v) is 23.4. The Morgan fingerprint density at radius 2 is 1.85 bits per heavy atom. The molecule has 0 unspecified atom stereocenters. The van der Waals surface area contributed by atoms with Crippen LogP contribution in [0.4, 0.5) is 0 Å². The fraction of sp³-hybridized carbons (Fsp3) is 0.710. The predicted octanol–water partition coefficient (Wildman–Crippen LogP) is 3.41. The van der Waals surface area contributed by atoms with Crippen LogP contribution in [0.2, 0.25) is 0 Å². The van der Waals surface area contributed by atoms with Crippen LogP contribution in [-0.2, 0) is 14.4 Å². The van der Waals surface area contributed by atoms with E-state index in [1.807, 2.05) is 43.0 Å². The van der Waals surface area contributed by atoms with Crippen LogP contribution in [0, 0.1) is 17.8 Å². The molecule has 2 N–H and O–H groups in total. The van der Waals surface area contributed by atoms with Gasteiger partial charge in [0.1, 0.15) is 17.8 Å². The first kappa shape index (κ1) is 26.6. The molecular weight excluding hydrogens is 492 g/mol.